The lowest BCUT2D eigenvalue weighted by Crippen LogP contribution is -2.20. The second-order valence-corrected chi connectivity index (χ2v) is 7.33. The molecule has 0 saturated carbocycles. The summed E-state index contributed by atoms with van der Waals surface area (Å²) in [5.41, 5.74) is 1.37. The number of hydrogen-bond acceptors (Lipinski definition) is 6. The molecular formula is C20H14N6O2S. The molecular weight excluding hydrogens is 388 g/mol. The van der Waals surface area contributed by atoms with E-state index in [1.165, 1.54) is 10.8 Å². The van der Waals surface area contributed by atoms with Gasteiger partial charge in [-0.2, -0.15) is 5.10 Å². The van der Waals surface area contributed by atoms with E-state index in [0.29, 0.717) is 32.2 Å². The van der Waals surface area contributed by atoms with Crippen LogP contribution >= 0.6 is 11.8 Å². The quantitative estimate of drug-likeness (QED) is 0.466. The monoisotopic (exact) mass is 402 g/mol. The predicted octanol–water partition coefficient (Wildman–Crippen LogP) is 2.51. The molecule has 9 heteroatoms. The minimum atomic E-state index is -0.300. The third-order valence-electron chi connectivity index (χ3n) is 4.55. The molecule has 3 heterocycles. The van der Waals surface area contributed by atoms with Gasteiger partial charge in [0.1, 0.15) is 5.39 Å². The van der Waals surface area contributed by atoms with Crippen molar-refractivity contribution in [3.8, 4) is 5.69 Å². The molecule has 0 saturated heterocycles. The Kier molecular flexibility index (Phi) is 4.02. The highest BCUT2D eigenvalue weighted by atomic mass is 32.2. The zero-order valence-corrected chi connectivity index (χ0v) is 16.1. The molecule has 5 aromatic rings. The lowest BCUT2D eigenvalue weighted by atomic mass is 10.2. The summed E-state index contributed by atoms with van der Waals surface area (Å²) in [6, 6.07) is 16.6. The topological polar surface area (TPSA) is 98.5 Å². The van der Waals surface area contributed by atoms with Crippen molar-refractivity contribution in [3.63, 3.8) is 0 Å². The number of fused-ring (bicyclic) bond motifs is 2. The number of rotatable bonds is 3. The Morgan fingerprint density at radius 3 is 2.52 bits per heavy atom. The number of aromatic amines is 1. The second-order valence-electron chi connectivity index (χ2n) is 6.38. The molecule has 0 radical (unpaired) electrons. The van der Waals surface area contributed by atoms with E-state index in [4.69, 9.17) is 0 Å². The van der Waals surface area contributed by atoms with Crippen LogP contribution in [0, 0.1) is 0 Å². The Morgan fingerprint density at radius 1 is 0.931 bits per heavy atom. The van der Waals surface area contributed by atoms with Gasteiger partial charge in [0, 0.05) is 7.05 Å². The van der Waals surface area contributed by atoms with Crippen LogP contribution in [-0.4, -0.2) is 29.3 Å². The number of nitrogens with zero attached hydrogens (tertiary/aromatic N) is 5. The van der Waals surface area contributed by atoms with E-state index < -0.39 is 0 Å². The van der Waals surface area contributed by atoms with Gasteiger partial charge in [0.15, 0.2) is 16.0 Å². The summed E-state index contributed by atoms with van der Waals surface area (Å²) in [6.45, 7) is 0. The molecule has 0 aliphatic rings. The fraction of sp³-hybridized carbons (Fsp3) is 0.0500. The molecule has 0 amide bonds. The van der Waals surface area contributed by atoms with Crippen LogP contribution in [0.3, 0.4) is 0 Å². The third kappa shape index (κ3) is 2.92. The van der Waals surface area contributed by atoms with Crippen LogP contribution in [0.25, 0.3) is 27.6 Å². The molecule has 0 unspecified atom stereocenters. The van der Waals surface area contributed by atoms with E-state index in [1.807, 2.05) is 36.4 Å². The maximum atomic E-state index is 12.6. The summed E-state index contributed by atoms with van der Waals surface area (Å²) < 4.78 is 3.06. The average Bonchev–Trinajstić information content (AvgIpc) is 3.17. The minimum absolute atomic E-state index is 0.157. The molecule has 0 atom stereocenters. The summed E-state index contributed by atoms with van der Waals surface area (Å²) in [7, 11) is 1.65. The molecule has 0 bridgehead atoms. The van der Waals surface area contributed by atoms with Gasteiger partial charge in [-0.05, 0) is 36.0 Å². The minimum Gasteiger partial charge on any atom is -0.300 e. The summed E-state index contributed by atoms with van der Waals surface area (Å²) in [4.78, 5) is 37.0. The number of H-pyrrole nitrogens is 1. The van der Waals surface area contributed by atoms with Gasteiger partial charge < -0.3 is 4.98 Å². The molecule has 3 aromatic heterocycles. The van der Waals surface area contributed by atoms with Gasteiger partial charge in [-0.3, -0.25) is 14.2 Å². The molecule has 5 rings (SSSR count). The Morgan fingerprint density at radius 2 is 1.69 bits per heavy atom. The summed E-state index contributed by atoms with van der Waals surface area (Å²) >= 11 is 1.12. The summed E-state index contributed by atoms with van der Waals surface area (Å²) in [5.74, 6) is 0. The largest absolute Gasteiger partial charge is 0.300 e. The SMILES string of the molecule is Cn1c(Sc2nc3c(cnn3-c3ccccc3)c(=O)[nH]2)nc2ccccc2c1=O. The van der Waals surface area contributed by atoms with Crippen molar-refractivity contribution >= 4 is 33.7 Å². The van der Waals surface area contributed by atoms with Crippen molar-refractivity contribution in [2.45, 2.75) is 10.3 Å². The lowest BCUT2D eigenvalue weighted by molar-refractivity contribution is 0.723. The van der Waals surface area contributed by atoms with Gasteiger partial charge in [0.05, 0.1) is 22.8 Å². The number of hydrogen-bond donors (Lipinski definition) is 1. The van der Waals surface area contributed by atoms with Crippen LogP contribution in [0.1, 0.15) is 0 Å². The van der Waals surface area contributed by atoms with E-state index in [2.05, 4.69) is 20.1 Å². The Balaban J connectivity index is 1.65. The maximum Gasteiger partial charge on any atom is 0.262 e. The van der Waals surface area contributed by atoms with E-state index >= 15 is 0 Å². The molecule has 8 nitrogen and oxygen atoms in total. The highest BCUT2D eigenvalue weighted by Gasteiger charge is 2.15. The highest BCUT2D eigenvalue weighted by Crippen LogP contribution is 2.24. The summed E-state index contributed by atoms with van der Waals surface area (Å²) in [5, 5.41) is 5.99. The zero-order valence-electron chi connectivity index (χ0n) is 15.2. The first kappa shape index (κ1) is 17.4. The van der Waals surface area contributed by atoms with Crippen LogP contribution in [0.5, 0.6) is 0 Å². The average molecular weight is 402 g/mol. The van der Waals surface area contributed by atoms with Gasteiger partial charge >= 0.3 is 0 Å². The number of para-hydroxylation sites is 2. The normalized spacial score (nSPS) is 11.3. The van der Waals surface area contributed by atoms with Crippen LogP contribution in [-0.2, 0) is 7.05 Å². The van der Waals surface area contributed by atoms with Crippen molar-refractivity contribution in [1.29, 1.82) is 0 Å². The lowest BCUT2D eigenvalue weighted by Gasteiger charge is -2.08. The van der Waals surface area contributed by atoms with E-state index in [1.54, 1.807) is 29.9 Å². The van der Waals surface area contributed by atoms with Gasteiger partial charge in [-0.15, -0.1) is 0 Å². The molecule has 0 aliphatic carbocycles. The van der Waals surface area contributed by atoms with Crippen molar-refractivity contribution in [2.24, 2.45) is 7.05 Å². The second kappa shape index (κ2) is 6.71. The van der Waals surface area contributed by atoms with E-state index in [0.717, 1.165) is 17.4 Å². The van der Waals surface area contributed by atoms with Crippen LogP contribution in [0.2, 0.25) is 0 Å². The van der Waals surface area contributed by atoms with Crippen molar-refractivity contribution in [1.82, 2.24) is 29.3 Å². The molecule has 2 aromatic carbocycles. The highest BCUT2D eigenvalue weighted by molar-refractivity contribution is 7.99. The molecule has 0 aliphatic heterocycles. The third-order valence-corrected chi connectivity index (χ3v) is 5.48. The zero-order chi connectivity index (χ0) is 20.0. The van der Waals surface area contributed by atoms with Gasteiger partial charge in [0.2, 0.25) is 0 Å². The molecule has 0 fully saturated rings. The summed E-state index contributed by atoms with van der Waals surface area (Å²) in [6.07, 6.45) is 1.49. The fourth-order valence-electron chi connectivity index (χ4n) is 3.08. The van der Waals surface area contributed by atoms with Crippen LogP contribution in [0.4, 0.5) is 0 Å². The van der Waals surface area contributed by atoms with Crippen molar-refractivity contribution in [2.75, 3.05) is 0 Å². The number of nitrogens with one attached hydrogen (secondary N) is 1. The predicted molar refractivity (Wildman–Crippen MR) is 111 cm³/mol. The van der Waals surface area contributed by atoms with Gasteiger partial charge in [-0.1, -0.05) is 30.3 Å². The van der Waals surface area contributed by atoms with Crippen LogP contribution < -0.4 is 11.1 Å². The van der Waals surface area contributed by atoms with Crippen molar-refractivity contribution < 1.29 is 0 Å². The maximum absolute atomic E-state index is 12.6. The number of aromatic nitrogens is 6. The molecule has 29 heavy (non-hydrogen) atoms. The van der Waals surface area contributed by atoms with Crippen molar-refractivity contribution in [3.05, 3.63) is 81.5 Å². The molecule has 1 N–H and O–H groups in total. The molecule has 0 spiro atoms. The first-order valence-corrected chi connectivity index (χ1v) is 9.60. The fourth-order valence-corrected chi connectivity index (χ4v) is 3.89. The van der Waals surface area contributed by atoms with E-state index in [9.17, 15) is 9.59 Å². The smallest absolute Gasteiger partial charge is 0.262 e. The Hall–Kier alpha value is -3.72. The van der Waals surface area contributed by atoms with Gasteiger partial charge in [-0.25, -0.2) is 14.6 Å². The molecule has 142 valence electrons. The van der Waals surface area contributed by atoms with Crippen LogP contribution in [0.15, 0.2) is 80.7 Å². The first-order valence-electron chi connectivity index (χ1n) is 8.79. The number of benzene rings is 2. The first-order chi connectivity index (χ1) is 14.1. The standard InChI is InChI=1S/C20H14N6O2S/c1-25-18(28)13-9-5-6-10-15(13)22-20(25)29-19-23-16-14(17(27)24-19)11-21-26(16)12-7-3-2-4-8-12/h2-11H,1H3,(H,23,24,27). The Bertz CT molecular complexity index is 1490. The Labute approximate surface area is 167 Å². The van der Waals surface area contributed by atoms with Gasteiger partial charge in [0.25, 0.3) is 11.1 Å². The van der Waals surface area contributed by atoms with E-state index in [-0.39, 0.29) is 11.1 Å².